The quantitative estimate of drug-likeness (QED) is 0.0110. The Labute approximate surface area is 469 Å². The summed E-state index contributed by atoms with van der Waals surface area (Å²) in [5.74, 6) is -7.60. The number of amides is 7. The monoisotopic (exact) mass is 1120 g/mol. The van der Waals surface area contributed by atoms with E-state index in [0.29, 0.717) is 16.7 Å². The van der Waals surface area contributed by atoms with Crippen LogP contribution in [0.1, 0.15) is 54.9 Å². The maximum absolute atomic E-state index is 14.8. The summed E-state index contributed by atoms with van der Waals surface area (Å²) < 4.78 is 0. The molecule has 0 spiro atoms. The summed E-state index contributed by atoms with van der Waals surface area (Å²) >= 11 is 4.37. The van der Waals surface area contributed by atoms with E-state index in [9.17, 15) is 48.6 Å². The van der Waals surface area contributed by atoms with E-state index in [2.05, 4.69) is 59.8 Å². The van der Waals surface area contributed by atoms with Crippen molar-refractivity contribution in [2.75, 3.05) is 18.8 Å². The van der Waals surface area contributed by atoms with Crippen LogP contribution in [0.25, 0.3) is 10.9 Å². The maximum atomic E-state index is 14.8. The first-order valence-electron chi connectivity index (χ1n) is 26.2. The third-order valence-electron chi connectivity index (χ3n) is 13.0. The number of fused-ring (bicyclic) bond motifs is 1. The lowest BCUT2D eigenvalue weighted by molar-refractivity contribution is -0.143. The van der Waals surface area contributed by atoms with Crippen molar-refractivity contribution in [2.45, 2.75) is 113 Å². The number of hydrogen-bond donors (Lipinski definition) is 15. The second kappa shape index (κ2) is 31.9. The fourth-order valence-electron chi connectivity index (χ4n) is 8.65. The number of para-hydroxylation sites is 1. The number of nitrogens with zero attached hydrogens (tertiary/aromatic N) is 1. The number of guanidine groups is 1. The van der Waals surface area contributed by atoms with E-state index in [1.54, 1.807) is 85.1 Å². The van der Waals surface area contributed by atoms with Gasteiger partial charge in [-0.15, -0.1) is 0 Å². The lowest BCUT2D eigenvalue weighted by atomic mass is 10.0. The van der Waals surface area contributed by atoms with E-state index in [1.807, 2.05) is 36.4 Å². The molecule has 80 heavy (non-hydrogen) atoms. The van der Waals surface area contributed by atoms with Gasteiger partial charge in [0.15, 0.2) is 5.96 Å². The van der Waals surface area contributed by atoms with Crippen LogP contribution in [0.5, 0.6) is 0 Å². The number of carbonyl (C=O) groups excluding carboxylic acids is 7. The molecule has 0 aliphatic rings. The van der Waals surface area contributed by atoms with E-state index in [1.165, 1.54) is 6.92 Å². The molecule has 24 heteroatoms. The Morgan fingerprint density at radius 1 is 0.550 bits per heavy atom. The zero-order chi connectivity index (χ0) is 58.1. The molecule has 0 unspecified atom stereocenters. The SMILES string of the molecule is C[C@@H](O)[C@H](NC(=O)[C@H](CCCN)NC(=O)[C@@H](Cc1c[nH]c2ccccc12)NC(=O)[C@H](Cc1ccccc1)NC(=O)[C@H](CS)NC(=O)[C@H](CCCN=C(N)N)NC(=O)[C@H](N)Cc1ccccc1)C(=O)N[C@@H](Cc1ccccc1)C(=O)O. The molecule has 1 heterocycles. The van der Waals surface area contributed by atoms with E-state index in [-0.39, 0.29) is 76.2 Å². The number of aliphatic imine (C=N–C) groups is 1. The molecule has 1 aromatic heterocycles. The van der Waals surface area contributed by atoms with Crippen molar-refractivity contribution in [3.63, 3.8) is 0 Å². The molecule has 4 aromatic carbocycles. The van der Waals surface area contributed by atoms with Gasteiger partial charge in [0.1, 0.15) is 42.3 Å². The molecule has 0 aliphatic carbocycles. The normalized spacial score (nSPS) is 14.5. The highest BCUT2D eigenvalue weighted by atomic mass is 32.1. The fraction of sp³-hybridized carbons (Fsp3) is 0.375. The molecule has 0 radical (unpaired) electrons. The maximum Gasteiger partial charge on any atom is 0.326 e. The molecule has 0 bridgehead atoms. The van der Waals surface area contributed by atoms with Gasteiger partial charge in [-0.1, -0.05) is 109 Å². The number of rotatable bonds is 32. The molecule has 5 aromatic rings. The van der Waals surface area contributed by atoms with Gasteiger partial charge >= 0.3 is 5.97 Å². The van der Waals surface area contributed by atoms with Crippen molar-refractivity contribution in [3.05, 3.63) is 144 Å². The number of nitrogens with two attached hydrogens (primary N) is 4. The predicted molar refractivity (Wildman–Crippen MR) is 305 cm³/mol. The smallest absolute Gasteiger partial charge is 0.326 e. The topological polar surface area (TPSA) is 393 Å². The standard InChI is InChI=1S/C56H73N13O10S/c1-33(70)47(54(77)67-45(55(78)79)29-36-19-9-4-10-20-36)69-50(73)41(23-13-25-57)64-52(75)44(30-37-31-62-40-22-12-11-21-38(37)40)66-51(74)43(28-35-17-7-3-8-18-35)65-53(76)46(32-80)68-49(72)42(24-14-26-61-56(59)60)63-48(71)39(58)27-34-15-5-2-6-16-34/h2-12,15-22,31,33,39,41-47,62,70,80H,13-14,23-30,32,57-58H2,1H3,(H,63,71)(H,64,75)(H,65,76)(H,66,74)(H,67,77)(H,68,72)(H,69,73)(H,78,79)(H4,59,60,61)/t33-,39-,41+,42+,43+,44-,45+,46+,47+/m1/s1. The Bertz CT molecular complexity index is 2870. The van der Waals surface area contributed by atoms with Crippen LogP contribution in [0.15, 0.2) is 126 Å². The highest BCUT2D eigenvalue weighted by molar-refractivity contribution is 7.80. The van der Waals surface area contributed by atoms with Crippen molar-refractivity contribution in [2.24, 2.45) is 27.9 Å². The number of aromatic nitrogens is 1. The minimum Gasteiger partial charge on any atom is -0.480 e. The first-order valence-corrected chi connectivity index (χ1v) is 26.8. The van der Waals surface area contributed by atoms with E-state index in [4.69, 9.17) is 22.9 Å². The minimum atomic E-state index is -1.67. The summed E-state index contributed by atoms with van der Waals surface area (Å²) in [5, 5.41) is 39.8. The Balaban J connectivity index is 1.39. The zero-order valence-electron chi connectivity index (χ0n) is 44.4. The number of carbonyl (C=O) groups is 8. The first-order chi connectivity index (χ1) is 38.4. The minimum absolute atomic E-state index is 0.0415. The summed E-state index contributed by atoms with van der Waals surface area (Å²) in [6.07, 6.45) is 0.391. The Morgan fingerprint density at radius 3 is 1.52 bits per heavy atom. The van der Waals surface area contributed by atoms with Crippen molar-refractivity contribution < 1.29 is 48.6 Å². The highest BCUT2D eigenvalue weighted by Crippen LogP contribution is 2.20. The number of carboxylic acids is 1. The third kappa shape index (κ3) is 19.8. The van der Waals surface area contributed by atoms with Crippen LogP contribution in [0.4, 0.5) is 0 Å². The number of thiol groups is 1. The number of aliphatic hydroxyl groups is 1. The molecule has 7 amide bonds. The number of H-pyrrole nitrogens is 1. The summed E-state index contributed by atoms with van der Waals surface area (Å²) in [7, 11) is 0. The van der Waals surface area contributed by atoms with Crippen LogP contribution >= 0.6 is 12.6 Å². The molecule has 0 aliphatic heterocycles. The van der Waals surface area contributed by atoms with Gasteiger partial charge in [-0.25, -0.2) is 4.79 Å². The first kappa shape index (κ1) is 62.5. The van der Waals surface area contributed by atoms with Crippen molar-refractivity contribution in [3.8, 4) is 0 Å². The molecule has 5 rings (SSSR count). The van der Waals surface area contributed by atoms with Crippen molar-refractivity contribution >= 4 is 76.8 Å². The predicted octanol–water partition coefficient (Wildman–Crippen LogP) is -0.653. The van der Waals surface area contributed by atoms with Gasteiger partial charge in [-0.05, 0) is 73.9 Å². The molecular weight excluding hydrogens is 1050 g/mol. The number of hydrogen-bond acceptors (Lipinski definition) is 13. The lowest BCUT2D eigenvalue weighted by Crippen LogP contribution is -2.61. The number of aliphatic hydroxyl groups excluding tert-OH is 1. The van der Waals surface area contributed by atoms with Gasteiger partial charge < -0.3 is 75.3 Å². The second-order valence-corrected chi connectivity index (χ2v) is 19.6. The van der Waals surface area contributed by atoms with Crippen LogP contribution in [-0.4, -0.2) is 142 Å². The summed E-state index contributed by atoms with van der Waals surface area (Å²) in [6.45, 7) is 1.44. The van der Waals surface area contributed by atoms with Crippen LogP contribution in [0, 0.1) is 0 Å². The molecule has 0 saturated heterocycles. The molecule has 23 nitrogen and oxygen atoms in total. The largest absolute Gasteiger partial charge is 0.480 e. The Morgan fingerprint density at radius 2 is 0.988 bits per heavy atom. The number of aliphatic carboxylic acids is 1. The van der Waals surface area contributed by atoms with E-state index < -0.39 is 102 Å². The molecule has 18 N–H and O–H groups in total. The van der Waals surface area contributed by atoms with Gasteiger partial charge in [0.05, 0.1) is 12.1 Å². The molecule has 0 fully saturated rings. The van der Waals surface area contributed by atoms with Crippen molar-refractivity contribution in [1.29, 1.82) is 0 Å². The number of aromatic amines is 1. The van der Waals surface area contributed by atoms with Crippen molar-refractivity contribution in [1.82, 2.24) is 42.2 Å². The fourth-order valence-corrected chi connectivity index (χ4v) is 8.90. The zero-order valence-corrected chi connectivity index (χ0v) is 45.3. The number of benzene rings is 4. The van der Waals surface area contributed by atoms with Gasteiger partial charge in [0, 0.05) is 48.7 Å². The van der Waals surface area contributed by atoms with Crippen LogP contribution in [-0.2, 0) is 64.0 Å². The van der Waals surface area contributed by atoms with E-state index >= 15 is 0 Å². The van der Waals surface area contributed by atoms with Crippen LogP contribution in [0.2, 0.25) is 0 Å². The number of nitrogens with one attached hydrogen (secondary N) is 8. The van der Waals surface area contributed by atoms with Crippen LogP contribution < -0.4 is 60.2 Å². The second-order valence-electron chi connectivity index (χ2n) is 19.2. The summed E-state index contributed by atoms with van der Waals surface area (Å²) in [6, 6.07) is 22.6. The van der Waals surface area contributed by atoms with Gasteiger partial charge in [0.25, 0.3) is 0 Å². The average molecular weight is 1120 g/mol. The van der Waals surface area contributed by atoms with Gasteiger partial charge in [0.2, 0.25) is 41.4 Å². The Kier molecular flexibility index (Phi) is 24.9. The molecular formula is C56H73N13O10S. The number of carboxylic acid groups (broad SMARTS) is 1. The third-order valence-corrected chi connectivity index (χ3v) is 13.3. The summed E-state index contributed by atoms with van der Waals surface area (Å²) in [4.78, 5) is 118. The average Bonchev–Trinajstić information content (AvgIpc) is 3.86. The molecule has 0 saturated carbocycles. The van der Waals surface area contributed by atoms with E-state index in [0.717, 1.165) is 16.5 Å². The van der Waals surface area contributed by atoms with Gasteiger partial charge in [-0.2, -0.15) is 12.6 Å². The lowest BCUT2D eigenvalue weighted by Gasteiger charge is -2.28. The highest BCUT2D eigenvalue weighted by Gasteiger charge is 2.36. The molecule has 9 atom stereocenters. The summed E-state index contributed by atoms with van der Waals surface area (Å²) in [5.41, 5.74) is 26.5. The Hall–Kier alpha value is -8.32. The van der Waals surface area contributed by atoms with Gasteiger partial charge in [-0.3, -0.25) is 38.6 Å². The van der Waals surface area contributed by atoms with Crippen LogP contribution in [0.3, 0.4) is 0 Å². The molecule has 428 valence electrons.